The van der Waals surface area contributed by atoms with Gasteiger partial charge in [0.2, 0.25) is 0 Å². The smallest absolute Gasteiger partial charge is 0.308 e. The molecule has 2 aromatic rings. The number of unbranched alkanes of at least 4 members (excludes halogenated alkanes) is 8. The Morgan fingerprint density at radius 1 is 0.824 bits per heavy atom. The molecule has 184 valence electrons. The van der Waals surface area contributed by atoms with E-state index in [9.17, 15) is 14.8 Å². The van der Waals surface area contributed by atoms with Crippen LogP contribution in [0, 0.1) is 0 Å². The number of fused-ring (bicyclic) bond motifs is 2. The third kappa shape index (κ3) is 5.94. The Bertz CT molecular complexity index is 967. The van der Waals surface area contributed by atoms with Gasteiger partial charge in [-0.1, -0.05) is 102 Å². The maximum atomic E-state index is 13.3. The van der Waals surface area contributed by atoms with E-state index in [0.29, 0.717) is 22.3 Å². The summed E-state index contributed by atoms with van der Waals surface area (Å²) in [5, 5.41) is 10.1. The highest BCUT2D eigenvalue weighted by atomic mass is 17.1. The van der Waals surface area contributed by atoms with Crippen molar-refractivity contribution in [2.75, 3.05) is 0 Å². The molecule has 1 aliphatic carbocycles. The molecule has 0 amide bonds. The number of esters is 1. The highest BCUT2D eigenvalue weighted by Gasteiger charge is 2.49. The van der Waals surface area contributed by atoms with Crippen molar-refractivity contribution in [2.45, 2.75) is 96.7 Å². The summed E-state index contributed by atoms with van der Waals surface area (Å²) in [6, 6.07) is 12.4. The number of ether oxygens (including phenoxy) is 1. The number of carbonyl (C=O) groups excluding carboxylic acids is 2. The third-order valence-electron chi connectivity index (χ3n) is 6.65. The Morgan fingerprint density at radius 2 is 1.47 bits per heavy atom. The van der Waals surface area contributed by atoms with Crippen LogP contribution in [0.5, 0.6) is 0 Å². The van der Waals surface area contributed by atoms with E-state index in [1.807, 2.05) is 12.1 Å². The number of rotatable bonds is 14. The van der Waals surface area contributed by atoms with Crippen LogP contribution in [0.3, 0.4) is 0 Å². The van der Waals surface area contributed by atoms with Crippen LogP contribution in [0.1, 0.15) is 117 Å². The number of aryl methyl sites for hydroxylation is 1. The maximum Gasteiger partial charge on any atom is 0.308 e. The van der Waals surface area contributed by atoms with E-state index in [0.717, 1.165) is 50.5 Å². The molecule has 2 aromatic carbocycles. The molecule has 0 aliphatic heterocycles. The van der Waals surface area contributed by atoms with Crippen LogP contribution in [0.4, 0.5) is 0 Å². The largest absolute Gasteiger partial charge is 0.421 e. The minimum Gasteiger partial charge on any atom is -0.421 e. The summed E-state index contributed by atoms with van der Waals surface area (Å²) in [7, 11) is 0. The zero-order valence-corrected chi connectivity index (χ0v) is 20.6. The number of ketones is 1. The molecule has 0 radical (unpaired) electrons. The first kappa shape index (κ1) is 26.1. The Balaban J connectivity index is 1.81. The summed E-state index contributed by atoms with van der Waals surface area (Å²) in [5.74, 6) is -2.46. The van der Waals surface area contributed by atoms with Crippen molar-refractivity contribution in [1.82, 2.24) is 0 Å². The van der Waals surface area contributed by atoms with E-state index in [1.54, 1.807) is 30.3 Å². The van der Waals surface area contributed by atoms with Gasteiger partial charge in [-0.15, -0.1) is 0 Å². The molecule has 1 aliphatic rings. The van der Waals surface area contributed by atoms with E-state index in [1.165, 1.54) is 25.7 Å². The van der Waals surface area contributed by atoms with E-state index >= 15 is 0 Å². The standard InChI is InChI=1S/C29H38O5/c1-3-5-7-8-9-10-12-18-27(30)33-29(34-32)25-17-14-13-16-23(25)28(31)24-21-22(15-11-6-4-2)19-20-26(24)29/h13-14,16-17,19-21,32H,3-12,15,18H2,1-2H3. The van der Waals surface area contributed by atoms with Crippen LogP contribution in [0.25, 0.3) is 0 Å². The number of hydrogen-bond acceptors (Lipinski definition) is 5. The van der Waals surface area contributed by atoms with Crippen LogP contribution in [0.2, 0.25) is 0 Å². The molecule has 0 heterocycles. The lowest BCUT2D eigenvalue weighted by atomic mass is 9.79. The van der Waals surface area contributed by atoms with E-state index in [-0.39, 0.29) is 12.2 Å². The molecule has 0 saturated heterocycles. The van der Waals surface area contributed by atoms with Gasteiger partial charge in [0.15, 0.2) is 5.78 Å². The van der Waals surface area contributed by atoms with Crippen LogP contribution in [-0.2, 0) is 26.6 Å². The first-order valence-corrected chi connectivity index (χ1v) is 12.9. The Labute approximate surface area is 203 Å². The summed E-state index contributed by atoms with van der Waals surface area (Å²) >= 11 is 0. The van der Waals surface area contributed by atoms with Gasteiger partial charge in [-0.25, -0.2) is 5.26 Å². The monoisotopic (exact) mass is 466 g/mol. The molecule has 0 spiro atoms. The molecule has 0 fully saturated rings. The molecule has 3 rings (SSSR count). The number of hydrogen-bond donors (Lipinski definition) is 1. The van der Waals surface area contributed by atoms with Crippen molar-refractivity contribution in [3.05, 3.63) is 70.3 Å². The van der Waals surface area contributed by atoms with E-state index < -0.39 is 11.8 Å². The van der Waals surface area contributed by atoms with Crippen LogP contribution in [0.15, 0.2) is 42.5 Å². The lowest BCUT2D eigenvalue weighted by Crippen LogP contribution is -2.41. The topological polar surface area (TPSA) is 72.8 Å². The van der Waals surface area contributed by atoms with Gasteiger partial charge < -0.3 is 4.74 Å². The molecule has 5 nitrogen and oxygen atoms in total. The minimum absolute atomic E-state index is 0.154. The van der Waals surface area contributed by atoms with E-state index in [4.69, 9.17) is 9.62 Å². The second kappa shape index (κ2) is 12.8. The normalized spacial score (nSPS) is 16.7. The third-order valence-corrected chi connectivity index (χ3v) is 6.65. The lowest BCUT2D eigenvalue weighted by Gasteiger charge is -2.36. The molecule has 5 heteroatoms. The molecule has 1 atom stereocenters. The van der Waals surface area contributed by atoms with E-state index in [2.05, 4.69) is 13.8 Å². The van der Waals surface area contributed by atoms with Gasteiger partial charge in [-0.2, -0.15) is 4.89 Å². The van der Waals surface area contributed by atoms with Gasteiger partial charge in [-0.05, 0) is 30.9 Å². The van der Waals surface area contributed by atoms with Crippen LogP contribution < -0.4 is 0 Å². The van der Waals surface area contributed by atoms with Gasteiger partial charge in [0.05, 0.1) is 0 Å². The molecular formula is C29H38O5. The molecule has 0 bridgehead atoms. The number of carbonyl (C=O) groups is 2. The predicted molar refractivity (Wildman–Crippen MR) is 133 cm³/mol. The Kier molecular flexibility index (Phi) is 9.85. The lowest BCUT2D eigenvalue weighted by molar-refractivity contribution is -0.384. The second-order valence-electron chi connectivity index (χ2n) is 9.27. The fourth-order valence-electron chi connectivity index (χ4n) is 4.72. The van der Waals surface area contributed by atoms with Crippen LogP contribution in [-0.4, -0.2) is 17.0 Å². The molecule has 1 unspecified atom stereocenters. The average Bonchev–Trinajstić information content (AvgIpc) is 2.86. The van der Waals surface area contributed by atoms with Gasteiger partial charge in [-0.3, -0.25) is 9.59 Å². The van der Waals surface area contributed by atoms with Crippen LogP contribution >= 0.6 is 0 Å². The highest BCUT2D eigenvalue weighted by molar-refractivity contribution is 6.13. The van der Waals surface area contributed by atoms with Gasteiger partial charge in [0.1, 0.15) is 0 Å². The summed E-state index contributed by atoms with van der Waals surface area (Å²) in [4.78, 5) is 31.1. The summed E-state index contributed by atoms with van der Waals surface area (Å²) in [6.07, 6.45) is 12.0. The number of benzene rings is 2. The fraction of sp³-hybridized carbons (Fsp3) is 0.517. The molecule has 0 aromatic heterocycles. The Morgan fingerprint density at radius 3 is 2.21 bits per heavy atom. The van der Waals surface area contributed by atoms with Gasteiger partial charge >= 0.3 is 5.97 Å². The summed E-state index contributed by atoms with van der Waals surface area (Å²) in [5.41, 5.74) is 2.54. The average molecular weight is 467 g/mol. The molecule has 34 heavy (non-hydrogen) atoms. The first-order chi connectivity index (χ1) is 16.6. The van der Waals surface area contributed by atoms with Crippen molar-refractivity contribution < 1.29 is 24.5 Å². The zero-order chi connectivity index (χ0) is 24.4. The van der Waals surface area contributed by atoms with Crippen molar-refractivity contribution in [1.29, 1.82) is 0 Å². The predicted octanol–water partition coefficient (Wildman–Crippen LogP) is 7.34. The first-order valence-electron chi connectivity index (χ1n) is 12.9. The minimum atomic E-state index is -1.85. The fourth-order valence-corrected chi connectivity index (χ4v) is 4.72. The second-order valence-corrected chi connectivity index (χ2v) is 9.27. The molecule has 0 saturated carbocycles. The maximum absolute atomic E-state index is 13.3. The highest BCUT2D eigenvalue weighted by Crippen LogP contribution is 2.44. The Hall–Kier alpha value is -2.50. The summed E-state index contributed by atoms with van der Waals surface area (Å²) in [6.45, 7) is 4.35. The van der Waals surface area contributed by atoms with Gasteiger partial charge in [0, 0.05) is 28.7 Å². The van der Waals surface area contributed by atoms with Crippen molar-refractivity contribution in [3.8, 4) is 0 Å². The summed E-state index contributed by atoms with van der Waals surface area (Å²) < 4.78 is 5.85. The van der Waals surface area contributed by atoms with Crippen molar-refractivity contribution in [3.63, 3.8) is 0 Å². The quantitative estimate of drug-likeness (QED) is 0.104. The SMILES string of the molecule is CCCCCCCCCC(=O)OC1(OO)c2ccccc2C(=O)c2cc(CCCCC)ccc21. The van der Waals surface area contributed by atoms with Gasteiger partial charge in [0.25, 0.3) is 5.79 Å². The van der Waals surface area contributed by atoms with Crippen molar-refractivity contribution >= 4 is 11.8 Å². The molecular weight excluding hydrogens is 428 g/mol. The molecule has 1 N–H and O–H groups in total. The zero-order valence-electron chi connectivity index (χ0n) is 20.6. The van der Waals surface area contributed by atoms with Crippen molar-refractivity contribution in [2.24, 2.45) is 0 Å².